The summed E-state index contributed by atoms with van der Waals surface area (Å²) in [6, 6.07) is 0.0718. The molecule has 1 rings (SSSR count). The molecule has 0 aliphatic carbocycles. The number of carbonyl (C=O) groups is 3. The van der Waals surface area contributed by atoms with Gasteiger partial charge in [0.25, 0.3) is 0 Å². The molecule has 28 heavy (non-hydrogen) atoms. The van der Waals surface area contributed by atoms with Crippen LogP contribution in [0, 0.1) is 0 Å². The Balaban J connectivity index is -0.000000202. The summed E-state index contributed by atoms with van der Waals surface area (Å²) in [7, 11) is 0. The Hall–Kier alpha value is 1.72. The van der Waals surface area contributed by atoms with Gasteiger partial charge in [0.2, 0.25) is 0 Å². The first kappa shape index (κ1) is 43.6. The van der Waals surface area contributed by atoms with E-state index in [-0.39, 0.29) is 166 Å². The van der Waals surface area contributed by atoms with Crippen molar-refractivity contribution in [3.8, 4) is 0 Å². The van der Waals surface area contributed by atoms with E-state index in [1.807, 2.05) is 0 Å². The molecule has 0 aromatic rings. The quantitative estimate of drug-likeness (QED) is 0.177. The number of carboxylic acids is 3. The van der Waals surface area contributed by atoms with Crippen molar-refractivity contribution < 1.29 is 173 Å². The van der Waals surface area contributed by atoms with Crippen molar-refractivity contribution in [2.45, 2.75) is 6.42 Å². The first-order chi connectivity index (χ1) is 10.4. The van der Waals surface area contributed by atoms with Gasteiger partial charge in [-0.3, -0.25) is 0 Å². The number of rotatable bonds is 10. The van der Waals surface area contributed by atoms with Gasteiger partial charge in [0.15, 0.2) is 0 Å². The van der Waals surface area contributed by atoms with E-state index >= 15 is 0 Å². The maximum absolute atomic E-state index is 10.7. The van der Waals surface area contributed by atoms with Gasteiger partial charge < -0.3 is 50.1 Å². The van der Waals surface area contributed by atoms with Crippen LogP contribution in [0.15, 0.2) is 4.99 Å². The number of quaternary nitrogens is 1. The fourth-order valence-electron chi connectivity index (χ4n) is 2.12. The van der Waals surface area contributed by atoms with Gasteiger partial charge in [0.1, 0.15) is 19.7 Å². The second-order valence-electron chi connectivity index (χ2n) is 4.69. The molecule has 0 fully saturated rings. The van der Waals surface area contributed by atoms with Gasteiger partial charge in [-0.25, -0.2) is 4.48 Å². The summed E-state index contributed by atoms with van der Waals surface area (Å²) in [6.45, 7) is -0.318. The molecule has 1 aliphatic rings. The maximum Gasteiger partial charge on any atom is 1.00 e. The molecule has 1 heterocycles. The van der Waals surface area contributed by atoms with Gasteiger partial charge in [-0.05, 0) is 0 Å². The van der Waals surface area contributed by atoms with Crippen LogP contribution in [0.25, 0.3) is 0 Å². The summed E-state index contributed by atoms with van der Waals surface area (Å²) in [6.07, 6.45) is -0.284. The Kier molecular flexibility index (Phi) is 36.4. The second kappa shape index (κ2) is 23.4. The molecule has 0 bridgehead atoms. The van der Waals surface area contributed by atoms with Crippen molar-refractivity contribution in [1.29, 1.82) is 0 Å². The van der Waals surface area contributed by atoms with E-state index in [1.54, 1.807) is 0 Å². The minimum absolute atomic E-state index is 0. The Morgan fingerprint density at radius 2 is 1.43 bits per heavy atom. The standard InChI is InChI=1S/C12H18N2O8.4Na.2H2O/c15-9(16)1-3-14(5-6-21-7-10(17)18)4-2-13-12(14)22-8-11(19)20;;;;;;/h1-8H2,(H2-,15,16,17,18,19,20);;;;;2*1H2/q;4*+1;;/p-4. The molecule has 0 amide bonds. The van der Waals surface area contributed by atoms with E-state index in [0.717, 1.165) is 0 Å². The van der Waals surface area contributed by atoms with Crippen molar-refractivity contribution in [2.75, 3.05) is 46.0 Å². The van der Waals surface area contributed by atoms with Gasteiger partial charge in [0.05, 0.1) is 38.2 Å². The summed E-state index contributed by atoms with van der Waals surface area (Å²) in [5.74, 6) is -4.06. The van der Waals surface area contributed by atoms with Crippen molar-refractivity contribution in [1.82, 2.24) is 0 Å². The molecule has 1 atom stereocenters. The fourth-order valence-corrected chi connectivity index (χ4v) is 2.12. The third-order valence-electron chi connectivity index (χ3n) is 3.13. The molecule has 0 saturated carbocycles. The molecule has 16 heteroatoms. The van der Waals surface area contributed by atoms with Crippen LogP contribution in [-0.4, -0.2) is 85.4 Å². The van der Waals surface area contributed by atoms with Crippen LogP contribution in [0.4, 0.5) is 0 Å². The average molecular weight is 442 g/mol. The molecule has 0 radical (unpaired) electrons. The maximum atomic E-state index is 10.7. The monoisotopic (exact) mass is 442 g/mol. The van der Waals surface area contributed by atoms with E-state index in [0.29, 0.717) is 13.1 Å². The first-order valence-electron chi connectivity index (χ1n) is 6.57. The molecule has 1 unspecified atom stereocenters. The first-order valence-corrected chi connectivity index (χ1v) is 6.57. The summed E-state index contributed by atoms with van der Waals surface area (Å²) in [4.78, 5) is 35.5. The zero-order valence-corrected chi connectivity index (χ0v) is 24.7. The zero-order valence-electron chi connectivity index (χ0n) is 16.7. The van der Waals surface area contributed by atoms with Gasteiger partial charge >= 0.3 is 124 Å². The number of aliphatic imine (C=N–C) groups is 1. The third-order valence-corrected chi connectivity index (χ3v) is 3.13. The Labute approximate surface area is 250 Å². The normalized spacial score (nSPS) is 16.1. The number of aliphatic carboxylic acids is 3. The number of nitrogens with zero attached hydrogens (tertiary/aromatic N) is 2. The number of hydrogen-bond acceptors (Lipinski definition) is 11. The van der Waals surface area contributed by atoms with Gasteiger partial charge in [0, 0.05) is 12.4 Å². The predicted octanol–water partition coefficient (Wildman–Crippen LogP) is -17.5. The number of ether oxygens (including phenoxy) is 2. The smallest absolute Gasteiger partial charge is 0.870 e. The van der Waals surface area contributed by atoms with Crippen molar-refractivity contribution >= 4 is 23.9 Å². The molecule has 0 aromatic carbocycles. The predicted molar refractivity (Wildman–Crippen MR) is 67.4 cm³/mol. The van der Waals surface area contributed by atoms with Crippen LogP contribution in [0.3, 0.4) is 0 Å². The van der Waals surface area contributed by atoms with E-state index in [1.165, 1.54) is 0 Å². The number of carboxylic acid groups (broad SMARTS) is 3. The van der Waals surface area contributed by atoms with Crippen LogP contribution in [0.2, 0.25) is 0 Å². The number of amidine groups is 1. The second-order valence-corrected chi connectivity index (χ2v) is 4.69. The fraction of sp³-hybridized carbons (Fsp3) is 0.667. The van der Waals surface area contributed by atoms with Crippen LogP contribution in [-0.2, 0) is 23.9 Å². The summed E-state index contributed by atoms with van der Waals surface area (Å²) < 4.78 is 9.89. The van der Waals surface area contributed by atoms with Crippen LogP contribution >= 0.6 is 0 Å². The minimum Gasteiger partial charge on any atom is -0.870 e. The van der Waals surface area contributed by atoms with Gasteiger partial charge in [-0.15, -0.1) is 0 Å². The van der Waals surface area contributed by atoms with Crippen molar-refractivity contribution in [3.05, 3.63) is 0 Å². The Bertz CT molecular complexity index is 483. The summed E-state index contributed by atoms with van der Waals surface area (Å²) in [5, 5.41) is 31.4. The average Bonchev–Trinajstić information content (AvgIpc) is 2.82. The van der Waals surface area contributed by atoms with Crippen LogP contribution < -0.4 is 134 Å². The molecular formula is C12H18N2Na4O10. The molecule has 0 saturated heterocycles. The van der Waals surface area contributed by atoms with Gasteiger partial charge in [-0.2, -0.15) is 4.99 Å². The number of carbonyl (C=O) groups excluding carboxylic acids is 3. The van der Waals surface area contributed by atoms with Crippen molar-refractivity contribution in [3.63, 3.8) is 0 Å². The van der Waals surface area contributed by atoms with Gasteiger partial charge in [-0.1, -0.05) is 0 Å². The van der Waals surface area contributed by atoms with Crippen LogP contribution in [0.5, 0.6) is 0 Å². The molecule has 1 aliphatic heterocycles. The summed E-state index contributed by atoms with van der Waals surface area (Å²) >= 11 is 0. The molecule has 2 N–H and O–H groups in total. The van der Waals surface area contributed by atoms with E-state index < -0.39 is 31.1 Å². The number of hydrogen-bond donors (Lipinski definition) is 0. The summed E-state index contributed by atoms with van der Waals surface area (Å²) in [5.41, 5.74) is 0. The van der Waals surface area contributed by atoms with E-state index in [4.69, 9.17) is 9.47 Å². The van der Waals surface area contributed by atoms with Crippen molar-refractivity contribution in [2.24, 2.45) is 4.99 Å². The third kappa shape index (κ3) is 17.4. The molecule has 0 aromatic heterocycles. The Morgan fingerprint density at radius 1 is 0.893 bits per heavy atom. The van der Waals surface area contributed by atoms with E-state index in [2.05, 4.69) is 4.99 Å². The largest absolute Gasteiger partial charge is 1.00 e. The minimum atomic E-state index is -1.43. The molecule has 140 valence electrons. The topological polar surface area (TPSA) is 211 Å². The molecule has 12 nitrogen and oxygen atoms in total. The SMILES string of the molecule is O=C([O-])CC[N+]1(CCOCC(=O)[O-])CCN=C1OCC(=O)[O-].[Na+].[Na+].[Na+].[Na+].[OH-].[OH-]. The van der Waals surface area contributed by atoms with Crippen LogP contribution in [0.1, 0.15) is 6.42 Å². The van der Waals surface area contributed by atoms with E-state index in [9.17, 15) is 29.7 Å². The Morgan fingerprint density at radius 3 is 1.89 bits per heavy atom. The molecule has 0 spiro atoms. The molecular weight excluding hydrogens is 424 g/mol. The zero-order chi connectivity index (χ0) is 16.6.